The van der Waals surface area contributed by atoms with Gasteiger partial charge in [-0.3, -0.25) is 0 Å². The molecule has 3 heteroatoms. The van der Waals surface area contributed by atoms with E-state index in [-0.39, 0.29) is 6.61 Å². The Morgan fingerprint density at radius 2 is 1.81 bits per heavy atom. The molecule has 0 aliphatic heterocycles. The van der Waals surface area contributed by atoms with Crippen LogP contribution >= 0.6 is 0 Å². The van der Waals surface area contributed by atoms with Gasteiger partial charge >= 0.3 is 0 Å². The Morgan fingerprint density at radius 3 is 2.43 bits per heavy atom. The van der Waals surface area contributed by atoms with Gasteiger partial charge in [0.05, 0.1) is 6.10 Å². The molecule has 0 fully saturated rings. The van der Waals surface area contributed by atoms with Crippen molar-refractivity contribution in [3.8, 4) is 5.75 Å². The van der Waals surface area contributed by atoms with Gasteiger partial charge in [-0.25, -0.2) is 0 Å². The lowest BCUT2D eigenvalue weighted by molar-refractivity contribution is 0.00655. The van der Waals surface area contributed by atoms with Crippen LogP contribution in [0.25, 0.3) is 0 Å². The number of ether oxygens (including phenoxy) is 1. The molecule has 2 unspecified atom stereocenters. The number of aliphatic hydroxyl groups is 2. The molecule has 0 saturated heterocycles. The van der Waals surface area contributed by atoms with Gasteiger partial charge in [-0.15, -0.1) is 0 Å². The number of benzene rings is 2. The summed E-state index contributed by atoms with van der Waals surface area (Å²) in [5.74, 6) is 0.612. The number of aryl methyl sites for hydroxylation is 1. The molecule has 2 aromatic rings. The smallest absolute Gasteiger partial charge is 0.125 e. The SMILES string of the molecule is Cc1ccc(C(C)O)c(OCC(C)(O)c2ccccc2)c1. The topological polar surface area (TPSA) is 49.7 Å². The van der Waals surface area contributed by atoms with Crippen molar-refractivity contribution < 1.29 is 14.9 Å². The lowest BCUT2D eigenvalue weighted by atomic mass is 9.97. The van der Waals surface area contributed by atoms with E-state index >= 15 is 0 Å². The Labute approximate surface area is 125 Å². The lowest BCUT2D eigenvalue weighted by Crippen LogP contribution is -2.29. The third-order valence-corrected chi connectivity index (χ3v) is 3.52. The highest BCUT2D eigenvalue weighted by atomic mass is 16.5. The van der Waals surface area contributed by atoms with E-state index in [1.807, 2.05) is 55.5 Å². The fourth-order valence-electron chi connectivity index (χ4n) is 2.21. The first-order valence-electron chi connectivity index (χ1n) is 7.09. The van der Waals surface area contributed by atoms with Gasteiger partial charge < -0.3 is 14.9 Å². The lowest BCUT2D eigenvalue weighted by Gasteiger charge is -2.25. The van der Waals surface area contributed by atoms with Crippen LogP contribution in [-0.2, 0) is 5.60 Å². The maximum Gasteiger partial charge on any atom is 0.125 e. The zero-order chi connectivity index (χ0) is 15.5. The zero-order valence-corrected chi connectivity index (χ0v) is 12.7. The Hall–Kier alpha value is -1.84. The van der Waals surface area contributed by atoms with E-state index in [1.165, 1.54) is 0 Å². The summed E-state index contributed by atoms with van der Waals surface area (Å²) in [6.07, 6.45) is -0.609. The third-order valence-electron chi connectivity index (χ3n) is 3.52. The van der Waals surface area contributed by atoms with Crippen LogP contribution in [0.1, 0.15) is 36.6 Å². The Morgan fingerprint density at radius 1 is 1.14 bits per heavy atom. The predicted octanol–water partition coefficient (Wildman–Crippen LogP) is 3.33. The van der Waals surface area contributed by atoms with E-state index in [9.17, 15) is 10.2 Å². The molecular formula is C18H22O3. The molecule has 2 aromatic carbocycles. The zero-order valence-electron chi connectivity index (χ0n) is 12.7. The van der Waals surface area contributed by atoms with E-state index < -0.39 is 11.7 Å². The summed E-state index contributed by atoms with van der Waals surface area (Å²) in [7, 11) is 0. The fourth-order valence-corrected chi connectivity index (χ4v) is 2.21. The Bertz CT molecular complexity index is 589. The molecule has 0 heterocycles. The van der Waals surface area contributed by atoms with Crippen LogP contribution in [0.3, 0.4) is 0 Å². The van der Waals surface area contributed by atoms with E-state index in [0.717, 1.165) is 16.7 Å². The highest BCUT2D eigenvalue weighted by molar-refractivity contribution is 5.38. The number of hydrogen-bond donors (Lipinski definition) is 2. The summed E-state index contributed by atoms with van der Waals surface area (Å²) in [5.41, 5.74) is 1.50. The van der Waals surface area contributed by atoms with Gasteiger partial charge in [0.1, 0.15) is 18.0 Å². The van der Waals surface area contributed by atoms with Gasteiger partial charge in [0.25, 0.3) is 0 Å². The van der Waals surface area contributed by atoms with E-state index in [0.29, 0.717) is 5.75 Å². The molecule has 112 valence electrons. The molecule has 0 saturated carbocycles. The summed E-state index contributed by atoms with van der Waals surface area (Å²) in [6, 6.07) is 15.1. The normalized spacial score (nSPS) is 15.3. The van der Waals surface area contributed by atoms with Crippen molar-refractivity contribution in [1.29, 1.82) is 0 Å². The van der Waals surface area contributed by atoms with Crippen LogP contribution in [0.15, 0.2) is 48.5 Å². The van der Waals surface area contributed by atoms with E-state index in [1.54, 1.807) is 13.8 Å². The first-order valence-corrected chi connectivity index (χ1v) is 7.09. The van der Waals surface area contributed by atoms with Crippen molar-refractivity contribution in [2.75, 3.05) is 6.61 Å². The molecular weight excluding hydrogens is 264 g/mol. The Kier molecular flexibility index (Phi) is 4.66. The predicted molar refractivity (Wildman–Crippen MR) is 83.3 cm³/mol. The highest BCUT2D eigenvalue weighted by Gasteiger charge is 2.24. The van der Waals surface area contributed by atoms with Crippen molar-refractivity contribution in [2.45, 2.75) is 32.5 Å². The first kappa shape index (κ1) is 15.5. The van der Waals surface area contributed by atoms with E-state index in [2.05, 4.69) is 0 Å². The molecule has 2 rings (SSSR count). The summed E-state index contributed by atoms with van der Waals surface area (Å²) < 4.78 is 5.79. The van der Waals surface area contributed by atoms with Crippen molar-refractivity contribution in [3.63, 3.8) is 0 Å². The summed E-state index contributed by atoms with van der Waals surface area (Å²) in [5, 5.41) is 20.4. The molecule has 0 amide bonds. The Balaban J connectivity index is 2.18. The van der Waals surface area contributed by atoms with Crippen LogP contribution in [0.2, 0.25) is 0 Å². The average Bonchev–Trinajstić information content (AvgIpc) is 2.46. The van der Waals surface area contributed by atoms with Gasteiger partial charge in [0.2, 0.25) is 0 Å². The minimum atomic E-state index is -1.08. The van der Waals surface area contributed by atoms with Gasteiger partial charge in [-0.1, -0.05) is 42.5 Å². The molecule has 2 atom stereocenters. The molecule has 3 nitrogen and oxygen atoms in total. The minimum Gasteiger partial charge on any atom is -0.490 e. The first-order chi connectivity index (χ1) is 9.90. The second kappa shape index (κ2) is 6.29. The quantitative estimate of drug-likeness (QED) is 0.886. The number of rotatable bonds is 5. The van der Waals surface area contributed by atoms with Crippen LogP contribution in [0.4, 0.5) is 0 Å². The van der Waals surface area contributed by atoms with Gasteiger partial charge in [-0.05, 0) is 38.0 Å². The molecule has 21 heavy (non-hydrogen) atoms. The molecule has 0 radical (unpaired) electrons. The summed E-state index contributed by atoms with van der Waals surface area (Å²) in [4.78, 5) is 0. The van der Waals surface area contributed by atoms with Crippen LogP contribution in [0.5, 0.6) is 5.75 Å². The molecule has 0 aliphatic carbocycles. The molecule has 2 N–H and O–H groups in total. The molecule has 0 aromatic heterocycles. The van der Waals surface area contributed by atoms with Crippen molar-refractivity contribution in [3.05, 3.63) is 65.2 Å². The third kappa shape index (κ3) is 3.84. The molecule has 0 bridgehead atoms. The number of aliphatic hydroxyl groups excluding tert-OH is 1. The van der Waals surface area contributed by atoms with Crippen molar-refractivity contribution in [2.24, 2.45) is 0 Å². The maximum absolute atomic E-state index is 10.6. The standard InChI is InChI=1S/C18H22O3/c1-13-9-10-16(14(2)19)17(11-13)21-12-18(3,20)15-7-5-4-6-8-15/h4-11,14,19-20H,12H2,1-3H3. The monoisotopic (exact) mass is 286 g/mol. The fraction of sp³-hybridized carbons (Fsp3) is 0.333. The van der Waals surface area contributed by atoms with Crippen molar-refractivity contribution in [1.82, 2.24) is 0 Å². The van der Waals surface area contributed by atoms with Gasteiger partial charge in [0.15, 0.2) is 0 Å². The maximum atomic E-state index is 10.6. The highest BCUT2D eigenvalue weighted by Crippen LogP contribution is 2.28. The second-order valence-corrected chi connectivity index (χ2v) is 5.65. The summed E-state index contributed by atoms with van der Waals surface area (Å²) in [6.45, 7) is 5.52. The van der Waals surface area contributed by atoms with Gasteiger partial charge in [-0.2, -0.15) is 0 Å². The largest absolute Gasteiger partial charge is 0.490 e. The number of hydrogen-bond acceptors (Lipinski definition) is 3. The van der Waals surface area contributed by atoms with Gasteiger partial charge in [0, 0.05) is 5.56 Å². The van der Waals surface area contributed by atoms with Crippen LogP contribution in [0, 0.1) is 6.92 Å². The van der Waals surface area contributed by atoms with Crippen molar-refractivity contribution >= 4 is 0 Å². The summed E-state index contributed by atoms with van der Waals surface area (Å²) >= 11 is 0. The van der Waals surface area contributed by atoms with Crippen LogP contribution in [-0.4, -0.2) is 16.8 Å². The minimum absolute atomic E-state index is 0.125. The second-order valence-electron chi connectivity index (χ2n) is 5.65. The molecule has 0 spiro atoms. The molecule has 0 aliphatic rings. The van der Waals surface area contributed by atoms with E-state index in [4.69, 9.17) is 4.74 Å². The average molecular weight is 286 g/mol. The van der Waals surface area contributed by atoms with Crippen LogP contribution < -0.4 is 4.74 Å².